The molecule has 0 saturated heterocycles. The summed E-state index contributed by atoms with van der Waals surface area (Å²) in [7, 11) is 0. The molecule has 1 amide bonds. The van der Waals surface area contributed by atoms with Crippen LogP contribution in [0.1, 0.15) is 41.6 Å². The number of halogens is 1. The largest absolute Gasteiger partial charge is 0.442 e. The predicted molar refractivity (Wildman–Crippen MR) is 94.7 cm³/mol. The summed E-state index contributed by atoms with van der Waals surface area (Å²) in [6.07, 6.45) is 3.48. The lowest BCUT2D eigenvalue weighted by Gasteiger charge is -2.13. The summed E-state index contributed by atoms with van der Waals surface area (Å²) < 4.78 is 19.0. The van der Waals surface area contributed by atoms with Crippen molar-refractivity contribution in [3.8, 4) is 0 Å². The van der Waals surface area contributed by atoms with Crippen LogP contribution in [-0.2, 0) is 0 Å². The highest BCUT2D eigenvalue weighted by Crippen LogP contribution is 2.40. The van der Waals surface area contributed by atoms with Crippen molar-refractivity contribution in [2.24, 2.45) is 0 Å². The Kier molecular flexibility index (Phi) is 3.64. The van der Waals surface area contributed by atoms with Gasteiger partial charge >= 0.3 is 0 Å². The molecule has 3 aromatic heterocycles. The Bertz CT molecular complexity index is 1030. The van der Waals surface area contributed by atoms with Gasteiger partial charge in [0.15, 0.2) is 0 Å². The molecule has 0 spiro atoms. The van der Waals surface area contributed by atoms with Crippen molar-refractivity contribution < 1.29 is 13.6 Å². The Morgan fingerprint density at radius 3 is 2.73 bits per heavy atom. The van der Waals surface area contributed by atoms with Crippen LogP contribution in [0.3, 0.4) is 0 Å². The van der Waals surface area contributed by atoms with Gasteiger partial charge in [0.2, 0.25) is 5.71 Å². The fourth-order valence-electron chi connectivity index (χ4n) is 2.80. The van der Waals surface area contributed by atoms with Crippen molar-refractivity contribution in [3.05, 3.63) is 41.3 Å². The number of aryl methyl sites for hydroxylation is 2. The van der Waals surface area contributed by atoms with Gasteiger partial charge < -0.3 is 15.1 Å². The molecule has 1 aliphatic rings. The summed E-state index contributed by atoms with van der Waals surface area (Å²) in [4.78, 5) is 25.3. The van der Waals surface area contributed by atoms with E-state index in [2.05, 4.69) is 32.5 Å². The molecule has 1 fully saturated rings. The molecular formula is C18H18FN5O2. The van der Waals surface area contributed by atoms with Gasteiger partial charge in [0.1, 0.15) is 29.5 Å². The van der Waals surface area contributed by atoms with Crippen LogP contribution < -0.4 is 10.6 Å². The number of anilines is 2. The van der Waals surface area contributed by atoms with Crippen molar-refractivity contribution in [2.75, 3.05) is 10.6 Å². The molecule has 26 heavy (non-hydrogen) atoms. The third-order valence-electron chi connectivity index (χ3n) is 4.57. The van der Waals surface area contributed by atoms with Crippen molar-refractivity contribution in [1.29, 1.82) is 0 Å². The molecule has 0 radical (unpaired) electrons. The van der Waals surface area contributed by atoms with E-state index in [0.29, 0.717) is 28.2 Å². The summed E-state index contributed by atoms with van der Waals surface area (Å²) in [6.45, 7) is 5.33. The number of nitrogens with one attached hydrogen (secondary N) is 2. The molecule has 0 aliphatic heterocycles. The number of carbonyl (C=O) groups excluding carboxylic acids is 1. The Morgan fingerprint density at radius 2 is 2.04 bits per heavy atom. The number of nitrogens with zero attached hydrogens (tertiary/aromatic N) is 3. The third kappa shape index (κ3) is 2.87. The monoisotopic (exact) mass is 355 g/mol. The number of hydrogen-bond donors (Lipinski definition) is 2. The lowest BCUT2D eigenvalue weighted by atomic mass is 10.1. The van der Waals surface area contributed by atoms with Gasteiger partial charge in [0.05, 0.1) is 16.6 Å². The standard InChI is InChI=1S/C18H18FN5O2/c1-9-11(19)4-5-12(22-9)23-16(25)13-10(2)26-17-14(13)15(20-8-21-17)24-18(3)6-7-18/h4-5,8H,6-7H2,1-3H3,(H,20,21,24)(H,22,23,25). The Labute approximate surface area is 149 Å². The molecule has 0 atom stereocenters. The first-order valence-corrected chi connectivity index (χ1v) is 8.33. The second kappa shape index (κ2) is 5.76. The third-order valence-corrected chi connectivity index (χ3v) is 4.57. The van der Waals surface area contributed by atoms with E-state index in [0.717, 1.165) is 12.8 Å². The average molecular weight is 355 g/mol. The highest BCUT2D eigenvalue weighted by Gasteiger charge is 2.38. The molecule has 0 bridgehead atoms. The van der Waals surface area contributed by atoms with E-state index in [4.69, 9.17) is 4.42 Å². The van der Waals surface area contributed by atoms with Gasteiger partial charge in [-0.2, -0.15) is 0 Å². The minimum absolute atomic E-state index is 0.0180. The molecule has 134 valence electrons. The summed E-state index contributed by atoms with van der Waals surface area (Å²) in [5.74, 6) is 0.438. The van der Waals surface area contributed by atoms with Crippen LogP contribution in [0.2, 0.25) is 0 Å². The summed E-state index contributed by atoms with van der Waals surface area (Å²) in [6, 6.07) is 2.68. The Balaban J connectivity index is 1.73. The SMILES string of the molecule is Cc1nc(NC(=O)c2c(C)oc3ncnc(NC4(C)CC4)c23)ccc1F. The van der Waals surface area contributed by atoms with E-state index in [-0.39, 0.29) is 17.1 Å². The lowest BCUT2D eigenvalue weighted by Crippen LogP contribution is -2.19. The smallest absolute Gasteiger partial charge is 0.261 e. The second-order valence-electron chi connectivity index (χ2n) is 6.84. The molecule has 0 unspecified atom stereocenters. The van der Waals surface area contributed by atoms with Gasteiger partial charge in [-0.15, -0.1) is 0 Å². The minimum atomic E-state index is -0.425. The van der Waals surface area contributed by atoms with Crippen LogP contribution in [0.15, 0.2) is 22.9 Å². The molecule has 8 heteroatoms. The first-order chi connectivity index (χ1) is 12.4. The van der Waals surface area contributed by atoms with Gasteiger partial charge in [-0.1, -0.05) is 0 Å². The number of pyridine rings is 1. The molecule has 3 aromatic rings. The van der Waals surface area contributed by atoms with Crippen LogP contribution in [0, 0.1) is 19.7 Å². The molecule has 1 aliphatic carbocycles. The Morgan fingerprint density at radius 1 is 1.27 bits per heavy atom. The van der Waals surface area contributed by atoms with Crippen LogP contribution in [-0.4, -0.2) is 26.4 Å². The topological polar surface area (TPSA) is 92.9 Å². The molecule has 2 N–H and O–H groups in total. The maximum atomic E-state index is 13.4. The van der Waals surface area contributed by atoms with Crippen LogP contribution in [0.25, 0.3) is 11.1 Å². The van der Waals surface area contributed by atoms with E-state index < -0.39 is 11.7 Å². The number of amides is 1. The van der Waals surface area contributed by atoms with Crippen molar-refractivity contribution in [2.45, 2.75) is 39.2 Å². The average Bonchev–Trinajstić information content (AvgIpc) is 3.19. The number of carbonyl (C=O) groups is 1. The highest BCUT2D eigenvalue weighted by atomic mass is 19.1. The molecular weight excluding hydrogens is 337 g/mol. The van der Waals surface area contributed by atoms with Crippen LogP contribution in [0.5, 0.6) is 0 Å². The zero-order chi connectivity index (χ0) is 18.5. The minimum Gasteiger partial charge on any atom is -0.442 e. The Hall–Kier alpha value is -3.03. The number of hydrogen-bond acceptors (Lipinski definition) is 6. The van der Waals surface area contributed by atoms with Gasteiger partial charge in [-0.3, -0.25) is 4.79 Å². The van der Waals surface area contributed by atoms with Crippen LogP contribution in [0.4, 0.5) is 16.0 Å². The molecule has 4 rings (SSSR count). The van der Waals surface area contributed by atoms with Gasteiger partial charge in [0, 0.05) is 5.54 Å². The maximum Gasteiger partial charge on any atom is 0.261 e. The van der Waals surface area contributed by atoms with Crippen molar-refractivity contribution in [1.82, 2.24) is 15.0 Å². The van der Waals surface area contributed by atoms with E-state index in [1.807, 2.05) is 0 Å². The zero-order valence-corrected chi connectivity index (χ0v) is 14.7. The van der Waals surface area contributed by atoms with E-state index in [1.165, 1.54) is 25.4 Å². The maximum absolute atomic E-state index is 13.4. The highest BCUT2D eigenvalue weighted by molar-refractivity contribution is 6.15. The lowest BCUT2D eigenvalue weighted by molar-refractivity contribution is 0.102. The van der Waals surface area contributed by atoms with E-state index >= 15 is 0 Å². The summed E-state index contributed by atoms with van der Waals surface area (Å²) in [5.41, 5.74) is 0.883. The molecule has 0 aromatic carbocycles. The van der Waals surface area contributed by atoms with Gasteiger partial charge in [-0.25, -0.2) is 19.3 Å². The number of fused-ring (bicyclic) bond motifs is 1. The van der Waals surface area contributed by atoms with Gasteiger partial charge in [-0.05, 0) is 45.7 Å². The number of aromatic nitrogens is 3. The predicted octanol–water partition coefficient (Wildman–Crippen LogP) is 3.59. The van der Waals surface area contributed by atoms with E-state index in [1.54, 1.807) is 6.92 Å². The normalized spacial score (nSPS) is 15.1. The van der Waals surface area contributed by atoms with E-state index in [9.17, 15) is 9.18 Å². The molecule has 1 saturated carbocycles. The quantitative estimate of drug-likeness (QED) is 0.743. The number of furan rings is 1. The fraction of sp³-hybridized carbons (Fsp3) is 0.333. The van der Waals surface area contributed by atoms with Crippen molar-refractivity contribution >= 4 is 28.6 Å². The molecule has 3 heterocycles. The zero-order valence-electron chi connectivity index (χ0n) is 14.7. The second-order valence-corrected chi connectivity index (χ2v) is 6.84. The summed E-state index contributed by atoms with van der Waals surface area (Å²) >= 11 is 0. The van der Waals surface area contributed by atoms with Crippen LogP contribution >= 0.6 is 0 Å². The molecule has 7 nitrogen and oxygen atoms in total. The van der Waals surface area contributed by atoms with Gasteiger partial charge in [0.25, 0.3) is 5.91 Å². The first-order valence-electron chi connectivity index (χ1n) is 8.33. The fourth-order valence-corrected chi connectivity index (χ4v) is 2.80. The summed E-state index contributed by atoms with van der Waals surface area (Å²) in [5, 5.41) is 6.60. The van der Waals surface area contributed by atoms with Crippen molar-refractivity contribution in [3.63, 3.8) is 0 Å². The first kappa shape index (κ1) is 16.4. The number of rotatable bonds is 4.